The SMILES string of the molecule is Cc1cc(C)cc(Oc2nc(C(C)C)nc(Cl)c2C)c1. The maximum atomic E-state index is 6.16. The van der Waals surface area contributed by atoms with Crippen LogP contribution in [0.25, 0.3) is 0 Å². The molecule has 2 rings (SSSR count). The van der Waals surface area contributed by atoms with Crippen molar-refractivity contribution in [2.75, 3.05) is 0 Å². The van der Waals surface area contributed by atoms with E-state index < -0.39 is 0 Å². The second kappa shape index (κ2) is 5.80. The van der Waals surface area contributed by atoms with Crippen LogP contribution in [0.4, 0.5) is 0 Å². The predicted octanol–water partition coefficient (Wildman–Crippen LogP) is 4.97. The molecule has 0 spiro atoms. The van der Waals surface area contributed by atoms with Crippen molar-refractivity contribution in [3.63, 3.8) is 0 Å². The number of hydrogen-bond donors (Lipinski definition) is 0. The van der Waals surface area contributed by atoms with Crippen molar-refractivity contribution < 1.29 is 4.74 Å². The molecular weight excluding hydrogens is 272 g/mol. The standard InChI is InChI=1S/C16H19ClN2O/c1-9(2)15-18-14(17)12(5)16(19-15)20-13-7-10(3)6-11(4)8-13/h6-9H,1-5H3. The van der Waals surface area contributed by atoms with Crippen LogP contribution in [-0.2, 0) is 0 Å². The Labute approximate surface area is 125 Å². The fourth-order valence-electron chi connectivity index (χ4n) is 1.95. The van der Waals surface area contributed by atoms with E-state index >= 15 is 0 Å². The Morgan fingerprint density at radius 1 is 1.00 bits per heavy atom. The van der Waals surface area contributed by atoms with Crippen LogP contribution in [0.2, 0.25) is 5.15 Å². The molecule has 0 bridgehead atoms. The van der Waals surface area contributed by atoms with Crippen LogP contribution in [0.1, 0.15) is 42.3 Å². The summed E-state index contributed by atoms with van der Waals surface area (Å²) in [5.74, 6) is 2.20. The topological polar surface area (TPSA) is 35.0 Å². The highest BCUT2D eigenvalue weighted by Gasteiger charge is 2.13. The number of halogens is 1. The van der Waals surface area contributed by atoms with E-state index in [2.05, 4.69) is 16.0 Å². The molecule has 0 unspecified atom stereocenters. The van der Waals surface area contributed by atoms with Gasteiger partial charge in [-0.15, -0.1) is 0 Å². The molecule has 0 radical (unpaired) electrons. The molecule has 1 aromatic carbocycles. The molecule has 0 saturated carbocycles. The Balaban J connectivity index is 2.42. The third-order valence-electron chi connectivity index (χ3n) is 2.99. The molecule has 1 heterocycles. The van der Waals surface area contributed by atoms with Crippen molar-refractivity contribution in [3.05, 3.63) is 45.9 Å². The summed E-state index contributed by atoms with van der Waals surface area (Å²) in [6.45, 7) is 10.0. The van der Waals surface area contributed by atoms with Gasteiger partial charge in [-0.25, -0.2) is 4.98 Å². The molecule has 0 aliphatic heterocycles. The van der Waals surface area contributed by atoms with Gasteiger partial charge in [-0.05, 0) is 44.0 Å². The minimum atomic E-state index is 0.203. The van der Waals surface area contributed by atoms with E-state index in [-0.39, 0.29) is 5.92 Å². The first-order chi connectivity index (χ1) is 9.36. The average Bonchev–Trinajstić information content (AvgIpc) is 2.33. The summed E-state index contributed by atoms with van der Waals surface area (Å²) in [4.78, 5) is 8.75. The molecule has 0 saturated heterocycles. The van der Waals surface area contributed by atoms with Crippen molar-refractivity contribution in [3.8, 4) is 11.6 Å². The van der Waals surface area contributed by atoms with Crippen LogP contribution in [0.5, 0.6) is 11.6 Å². The molecule has 0 atom stereocenters. The zero-order valence-corrected chi connectivity index (χ0v) is 13.2. The monoisotopic (exact) mass is 290 g/mol. The first-order valence-corrected chi connectivity index (χ1v) is 7.05. The van der Waals surface area contributed by atoms with Gasteiger partial charge in [0.1, 0.15) is 16.7 Å². The second-order valence-electron chi connectivity index (χ2n) is 5.38. The lowest BCUT2D eigenvalue weighted by atomic mass is 10.1. The maximum Gasteiger partial charge on any atom is 0.226 e. The van der Waals surface area contributed by atoms with Crippen molar-refractivity contribution in [2.45, 2.75) is 40.5 Å². The van der Waals surface area contributed by atoms with Gasteiger partial charge >= 0.3 is 0 Å². The Hall–Kier alpha value is -1.61. The Kier molecular flexibility index (Phi) is 4.29. The summed E-state index contributed by atoms with van der Waals surface area (Å²) in [7, 11) is 0. The molecule has 0 aliphatic rings. The summed E-state index contributed by atoms with van der Waals surface area (Å²) in [6, 6.07) is 6.07. The molecule has 0 fully saturated rings. The quantitative estimate of drug-likeness (QED) is 0.749. The van der Waals surface area contributed by atoms with Crippen molar-refractivity contribution >= 4 is 11.6 Å². The normalized spacial score (nSPS) is 10.9. The van der Waals surface area contributed by atoms with Gasteiger partial charge in [-0.2, -0.15) is 4.98 Å². The van der Waals surface area contributed by atoms with Crippen molar-refractivity contribution in [1.29, 1.82) is 0 Å². The van der Waals surface area contributed by atoms with Gasteiger partial charge < -0.3 is 4.74 Å². The zero-order valence-electron chi connectivity index (χ0n) is 12.5. The molecule has 3 nitrogen and oxygen atoms in total. The fourth-order valence-corrected chi connectivity index (χ4v) is 2.11. The fraction of sp³-hybridized carbons (Fsp3) is 0.375. The number of aromatic nitrogens is 2. The molecule has 20 heavy (non-hydrogen) atoms. The lowest BCUT2D eigenvalue weighted by molar-refractivity contribution is 0.452. The largest absolute Gasteiger partial charge is 0.439 e. The van der Waals surface area contributed by atoms with Gasteiger partial charge in [-0.3, -0.25) is 0 Å². The summed E-state index contributed by atoms with van der Waals surface area (Å²) >= 11 is 6.16. The maximum absolute atomic E-state index is 6.16. The minimum absolute atomic E-state index is 0.203. The molecule has 0 N–H and O–H groups in total. The first-order valence-electron chi connectivity index (χ1n) is 6.67. The van der Waals surface area contributed by atoms with E-state index in [1.54, 1.807) is 0 Å². The lowest BCUT2D eigenvalue weighted by Crippen LogP contribution is -2.02. The van der Waals surface area contributed by atoms with Gasteiger partial charge in [0.25, 0.3) is 0 Å². The lowest BCUT2D eigenvalue weighted by Gasteiger charge is -2.12. The van der Waals surface area contributed by atoms with Crippen LogP contribution in [-0.4, -0.2) is 9.97 Å². The number of hydrogen-bond acceptors (Lipinski definition) is 3. The van der Waals surface area contributed by atoms with Crippen LogP contribution >= 0.6 is 11.6 Å². The van der Waals surface area contributed by atoms with Crippen molar-refractivity contribution in [2.24, 2.45) is 0 Å². The van der Waals surface area contributed by atoms with Crippen LogP contribution in [0.3, 0.4) is 0 Å². The van der Waals surface area contributed by atoms with E-state index in [0.717, 1.165) is 22.4 Å². The van der Waals surface area contributed by atoms with E-state index in [1.165, 1.54) is 0 Å². The number of nitrogens with zero attached hydrogens (tertiary/aromatic N) is 2. The van der Waals surface area contributed by atoms with Gasteiger partial charge in [0, 0.05) is 11.5 Å². The molecule has 2 aromatic rings. The van der Waals surface area contributed by atoms with Crippen molar-refractivity contribution in [1.82, 2.24) is 9.97 Å². The third-order valence-corrected chi connectivity index (χ3v) is 3.35. The van der Waals surface area contributed by atoms with E-state index in [0.29, 0.717) is 16.9 Å². The molecular formula is C16H19ClN2O. The Bertz CT molecular complexity index is 618. The first kappa shape index (κ1) is 14.8. The summed E-state index contributed by atoms with van der Waals surface area (Å²) in [6.07, 6.45) is 0. The van der Waals surface area contributed by atoms with Gasteiger partial charge in [0.2, 0.25) is 5.88 Å². The summed E-state index contributed by atoms with van der Waals surface area (Å²) < 4.78 is 5.91. The van der Waals surface area contributed by atoms with E-state index in [9.17, 15) is 0 Å². The van der Waals surface area contributed by atoms with Crippen LogP contribution in [0.15, 0.2) is 18.2 Å². The number of ether oxygens (including phenoxy) is 1. The highest BCUT2D eigenvalue weighted by Crippen LogP contribution is 2.29. The smallest absolute Gasteiger partial charge is 0.226 e. The molecule has 4 heteroatoms. The number of rotatable bonds is 3. The number of aryl methyl sites for hydroxylation is 2. The average molecular weight is 291 g/mol. The van der Waals surface area contributed by atoms with Crippen LogP contribution < -0.4 is 4.74 Å². The van der Waals surface area contributed by atoms with Gasteiger partial charge in [-0.1, -0.05) is 31.5 Å². The highest BCUT2D eigenvalue weighted by atomic mass is 35.5. The summed E-state index contributed by atoms with van der Waals surface area (Å²) in [5.41, 5.74) is 3.07. The van der Waals surface area contributed by atoms with E-state index in [1.807, 2.05) is 46.8 Å². The highest BCUT2D eigenvalue weighted by molar-refractivity contribution is 6.30. The zero-order chi connectivity index (χ0) is 14.9. The van der Waals surface area contributed by atoms with E-state index in [4.69, 9.17) is 16.3 Å². The summed E-state index contributed by atoms with van der Waals surface area (Å²) in [5, 5.41) is 0.447. The third kappa shape index (κ3) is 3.28. The minimum Gasteiger partial charge on any atom is -0.439 e. The molecule has 0 aliphatic carbocycles. The molecule has 0 amide bonds. The Morgan fingerprint density at radius 2 is 1.60 bits per heavy atom. The second-order valence-corrected chi connectivity index (χ2v) is 5.74. The molecule has 1 aromatic heterocycles. The molecule has 106 valence electrons. The van der Waals surface area contributed by atoms with Crippen LogP contribution in [0, 0.1) is 20.8 Å². The van der Waals surface area contributed by atoms with Gasteiger partial charge in [0.15, 0.2) is 0 Å². The predicted molar refractivity (Wildman–Crippen MR) is 81.9 cm³/mol. The van der Waals surface area contributed by atoms with Gasteiger partial charge in [0.05, 0.1) is 0 Å². The Morgan fingerprint density at radius 3 is 2.15 bits per heavy atom. The number of benzene rings is 1.